The number of nitrogens with one attached hydrogen (secondary N) is 1. The molecular weight excluding hydrogens is 252 g/mol. The summed E-state index contributed by atoms with van der Waals surface area (Å²) in [4.78, 5) is 8.49. The molecule has 5 N–H and O–H groups in total. The molecule has 1 aromatic rings. The van der Waals surface area contributed by atoms with Crippen LogP contribution in [0.25, 0.3) is 0 Å². The summed E-state index contributed by atoms with van der Waals surface area (Å²) in [7, 11) is 0. The minimum absolute atomic E-state index is 0.368. The first kappa shape index (κ1) is 14.8. The van der Waals surface area contributed by atoms with Gasteiger partial charge in [-0.1, -0.05) is 39.5 Å². The first-order valence-corrected chi connectivity index (χ1v) is 7.60. The van der Waals surface area contributed by atoms with Crippen LogP contribution in [-0.2, 0) is 0 Å². The van der Waals surface area contributed by atoms with Crippen LogP contribution in [-0.4, -0.2) is 15.5 Å². The molecule has 2 atom stereocenters. The lowest BCUT2D eigenvalue weighted by Gasteiger charge is -2.23. The maximum Gasteiger partial charge on any atom is 0.196 e. The van der Waals surface area contributed by atoms with E-state index in [2.05, 4.69) is 33.7 Å². The molecule has 20 heavy (non-hydrogen) atoms. The summed E-state index contributed by atoms with van der Waals surface area (Å²) in [6, 6.07) is 0.439. The van der Waals surface area contributed by atoms with Gasteiger partial charge in [0.05, 0.1) is 6.33 Å². The summed E-state index contributed by atoms with van der Waals surface area (Å²) in [5, 5.41) is 3.10. The van der Waals surface area contributed by atoms with Crippen molar-refractivity contribution in [2.24, 2.45) is 16.5 Å². The van der Waals surface area contributed by atoms with Crippen molar-refractivity contribution in [3.63, 3.8) is 0 Å². The summed E-state index contributed by atoms with van der Waals surface area (Å²) < 4.78 is 2.17. The smallest absolute Gasteiger partial charge is 0.196 e. The maximum absolute atomic E-state index is 5.95. The van der Waals surface area contributed by atoms with E-state index in [1.807, 2.05) is 6.33 Å². The highest BCUT2D eigenvalue weighted by molar-refractivity contribution is 5.93. The zero-order valence-electron chi connectivity index (χ0n) is 12.5. The molecule has 6 heteroatoms. The van der Waals surface area contributed by atoms with Crippen molar-refractivity contribution >= 4 is 11.8 Å². The molecule has 1 aliphatic heterocycles. The van der Waals surface area contributed by atoms with E-state index in [0.29, 0.717) is 12.0 Å². The van der Waals surface area contributed by atoms with E-state index in [1.165, 1.54) is 25.7 Å². The predicted octanol–water partition coefficient (Wildman–Crippen LogP) is 2.50. The molecule has 0 fully saturated rings. The lowest BCUT2D eigenvalue weighted by atomic mass is 10.1. The fraction of sp³-hybridized carbons (Fsp3) is 0.714. The first-order valence-electron chi connectivity index (χ1n) is 7.60. The fourth-order valence-corrected chi connectivity index (χ4v) is 2.71. The number of fused-ring (bicyclic) bond motifs is 1. The van der Waals surface area contributed by atoms with Crippen LogP contribution in [0.5, 0.6) is 0 Å². The Morgan fingerprint density at radius 2 is 2.15 bits per heavy atom. The highest BCUT2D eigenvalue weighted by Gasteiger charge is 2.24. The minimum Gasteiger partial charge on any atom is -0.370 e. The molecule has 1 aliphatic rings. The summed E-state index contributed by atoms with van der Waals surface area (Å²) in [5.74, 6) is 1.28. The average Bonchev–Trinajstić information content (AvgIpc) is 2.83. The molecule has 0 amide bonds. The molecule has 0 bridgehead atoms. The number of hydrogen-bond donors (Lipinski definition) is 3. The third kappa shape index (κ3) is 3.12. The number of hydrogen-bond acceptors (Lipinski definition) is 5. The number of anilines is 1. The van der Waals surface area contributed by atoms with Gasteiger partial charge in [-0.25, -0.2) is 9.98 Å². The monoisotopic (exact) mass is 278 g/mol. The topological polar surface area (TPSA) is 94.2 Å². The Kier molecular flexibility index (Phi) is 5.00. The molecule has 0 aliphatic carbocycles. The van der Waals surface area contributed by atoms with Gasteiger partial charge in [0.25, 0.3) is 0 Å². The standard InChI is InChI=1S/C14H26N6/c1-3-5-6-7-8-10(4-2)20-9-17-11-12(15)18-14(16)19-13(11)20/h9-10,12H,3-8,15H2,1-2H3,(H3,16,18,19). The Balaban J connectivity index is 2.08. The Labute approximate surface area is 120 Å². The molecule has 0 radical (unpaired) electrons. The summed E-state index contributed by atoms with van der Waals surface area (Å²) in [6.07, 6.45) is 8.75. The average molecular weight is 278 g/mol. The van der Waals surface area contributed by atoms with E-state index in [0.717, 1.165) is 24.4 Å². The van der Waals surface area contributed by atoms with Crippen molar-refractivity contribution in [1.29, 1.82) is 0 Å². The van der Waals surface area contributed by atoms with Gasteiger partial charge in [-0.3, -0.25) is 0 Å². The van der Waals surface area contributed by atoms with Crippen LogP contribution in [0.4, 0.5) is 5.82 Å². The molecule has 0 saturated heterocycles. The van der Waals surface area contributed by atoms with Gasteiger partial charge in [0.1, 0.15) is 17.7 Å². The fourth-order valence-electron chi connectivity index (χ4n) is 2.71. The third-order valence-corrected chi connectivity index (χ3v) is 3.88. The first-order chi connectivity index (χ1) is 9.67. The number of aliphatic imine (C=N–C) groups is 1. The van der Waals surface area contributed by atoms with Crippen molar-refractivity contribution in [2.75, 3.05) is 5.32 Å². The maximum atomic E-state index is 5.95. The molecular formula is C14H26N6. The molecule has 0 aromatic carbocycles. The van der Waals surface area contributed by atoms with Crippen molar-refractivity contribution < 1.29 is 0 Å². The molecule has 6 nitrogen and oxygen atoms in total. The van der Waals surface area contributed by atoms with Gasteiger partial charge in [-0.05, 0) is 12.8 Å². The Morgan fingerprint density at radius 1 is 1.35 bits per heavy atom. The van der Waals surface area contributed by atoms with Crippen molar-refractivity contribution in [3.05, 3.63) is 12.0 Å². The van der Waals surface area contributed by atoms with E-state index in [1.54, 1.807) is 0 Å². The van der Waals surface area contributed by atoms with Gasteiger partial charge in [-0.15, -0.1) is 0 Å². The predicted molar refractivity (Wildman–Crippen MR) is 82.5 cm³/mol. The molecule has 2 rings (SSSR count). The number of nitrogens with two attached hydrogens (primary N) is 2. The van der Waals surface area contributed by atoms with Gasteiger partial charge in [0.15, 0.2) is 5.96 Å². The lowest BCUT2D eigenvalue weighted by molar-refractivity contribution is 0.431. The SMILES string of the molecule is CCCCCCC(CC)n1cnc2c1NC(N)=NC2N. The second kappa shape index (κ2) is 6.74. The largest absolute Gasteiger partial charge is 0.370 e. The number of guanidine groups is 1. The van der Waals surface area contributed by atoms with Crippen LogP contribution in [0, 0.1) is 0 Å². The summed E-state index contributed by atoms with van der Waals surface area (Å²) in [5.41, 5.74) is 12.5. The number of imidazole rings is 1. The van der Waals surface area contributed by atoms with E-state index in [-0.39, 0.29) is 0 Å². The van der Waals surface area contributed by atoms with Gasteiger partial charge >= 0.3 is 0 Å². The minimum atomic E-state index is -0.454. The highest BCUT2D eigenvalue weighted by atomic mass is 15.3. The van der Waals surface area contributed by atoms with Crippen molar-refractivity contribution in [1.82, 2.24) is 9.55 Å². The van der Waals surface area contributed by atoms with Crippen LogP contribution in [0.15, 0.2) is 11.3 Å². The van der Waals surface area contributed by atoms with Crippen molar-refractivity contribution in [2.45, 2.75) is 64.6 Å². The van der Waals surface area contributed by atoms with Crippen molar-refractivity contribution in [3.8, 4) is 0 Å². The zero-order valence-corrected chi connectivity index (χ0v) is 12.5. The van der Waals surface area contributed by atoms with Gasteiger partial charge in [-0.2, -0.15) is 0 Å². The van der Waals surface area contributed by atoms with E-state index in [4.69, 9.17) is 11.5 Å². The van der Waals surface area contributed by atoms with Gasteiger partial charge < -0.3 is 21.4 Å². The molecule has 0 spiro atoms. The second-order valence-electron chi connectivity index (χ2n) is 5.38. The molecule has 1 aromatic heterocycles. The summed E-state index contributed by atoms with van der Waals surface area (Å²) >= 11 is 0. The van der Waals surface area contributed by atoms with Gasteiger partial charge in [0, 0.05) is 6.04 Å². The Hall–Kier alpha value is -1.56. The number of unbranched alkanes of at least 4 members (excludes halogenated alkanes) is 3. The van der Waals surface area contributed by atoms with Crippen LogP contribution in [0.1, 0.15) is 70.3 Å². The van der Waals surface area contributed by atoms with Gasteiger partial charge in [0.2, 0.25) is 0 Å². The number of nitrogens with zero attached hydrogens (tertiary/aromatic N) is 3. The number of rotatable bonds is 7. The van der Waals surface area contributed by atoms with E-state index >= 15 is 0 Å². The number of aromatic nitrogens is 2. The molecule has 2 unspecified atom stereocenters. The Bertz CT molecular complexity index is 464. The quantitative estimate of drug-likeness (QED) is 0.668. The normalized spacial score (nSPS) is 19.1. The van der Waals surface area contributed by atoms with Crippen LogP contribution in [0.3, 0.4) is 0 Å². The van der Waals surface area contributed by atoms with E-state index < -0.39 is 6.17 Å². The van der Waals surface area contributed by atoms with Crippen LogP contribution >= 0.6 is 0 Å². The molecule has 112 valence electrons. The highest BCUT2D eigenvalue weighted by Crippen LogP contribution is 2.30. The Morgan fingerprint density at radius 3 is 2.85 bits per heavy atom. The molecule has 2 heterocycles. The summed E-state index contributed by atoms with van der Waals surface area (Å²) in [6.45, 7) is 4.44. The van der Waals surface area contributed by atoms with Crippen LogP contribution < -0.4 is 16.8 Å². The second-order valence-corrected chi connectivity index (χ2v) is 5.38. The van der Waals surface area contributed by atoms with E-state index in [9.17, 15) is 0 Å². The zero-order chi connectivity index (χ0) is 14.5. The molecule has 0 saturated carbocycles. The lowest BCUT2D eigenvalue weighted by Crippen LogP contribution is -2.31. The third-order valence-electron chi connectivity index (χ3n) is 3.88. The van der Waals surface area contributed by atoms with Crippen LogP contribution in [0.2, 0.25) is 0 Å².